The fraction of sp³-hybridized carbons (Fsp3) is 0.0714. The van der Waals surface area contributed by atoms with Crippen molar-refractivity contribution in [3.05, 3.63) is 54.1 Å². The van der Waals surface area contributed by atoms with Gasteiger partial charge >= 0.3 is 0 Å². The van der Waals surface area contributed by atoms with Gasteiger partial charge in [-0.2, -0.15) is 0 Å². The van der Waals surface area contributed by atoms with Crippen LogP contribution in [0.25, 0.3) is 10.2 Å². The van der Waals surface area contributed by atoms with Crippen LogP contribution in [-0.2, 0) is 0 Å². The molecule has 0 atom stereocenters. The number of fused-ring (bicyclic) bond motifs is 1. The molecule has 0 fully saturated rings. The number of rotatable bonds is 2. The summed E-state index contributed by atoms with van der Waals surface area (Å²) in [5, 5.41) is 4.28. The lowest BCUT2D eigenvalue weighted by atomic mass is 10.2. The molecule has 0 bridgehead atoms. The lowest BCUT2D eigenvalue weighted by molar-refractivity contribution is 1.41. The maximum atomic E-state index is 4.55. The summed E-state index contributed by atoms with van der Waals surface area (Å²) in [7, 11) is 0. The van der Waals surface area contributed by atoms with Crippen LogP contribution in [-0.4, -0.2) is 4.98 Å². The van der Waals surface area contributed by atoms with E-state index >= 15 is 0 Å². The zero-order valence-corrected chi connectivity index (χ0v) is 10.3. The largest absolute Gasteiger partial charge is 0.332 e. The molecule has 2 aromatic carbocycles. The normalized spacial score (nSPS) is 10.6. The lowest BCUT2D eigenvalue weighted by Crippen LogP contribution is -1.88. The van der Waals surface area contributed by atoms with Gasteiger partial charge in [0.05, 0.1) is 10.2 Å². The Bertz CT molecular complexity index is 625. The molecule has 17 heavy (non-hydrogen) atoms. The quantitative estimate of drug-likeness (QED) is 0.720. The number of nitrogens with zero attached hydrogens (tertiary/aromatic N) is 1. The fourth-order valence-electron chi connectivity index (χ4n) is 1.77. The molecule has 0 radical (unpaired) electrons. The van der Waals surface area contributed by atoms with Gasteiger partial charge in [-0.1, -0.05) is 35.6 Å². The topological polar surface area (TPSA) is 24.9 Å². The van der Waals surface area contributed by atoms with Gasteiger partial charge in [0.15, 0.2) is 5.13 Å². The Morgan fingerprint density at radius 2 is 1.94 bits per heavy atom. The zero-order valence-electron chi connectivity index (χ0n) is 9.47. The first-order chi connectivity index (χ1) is 8.31. The maximum absolute atomic E-state index is 4.55. The van der Waals surface area contributed by atoms with Crippen LogP contribution in [0.2, 0.25) is 0 Å². The number of aryl methyl sites for hydroxylation is 1. The van der Waals surface area contributed by atoms with Crippen LogP contribution < -0.4 is 5.32 Å². The number of para-hydroxylation sites is 1. The molecule has 0 spiro atoms. The molecule has 0 aliphatic rings. The predicted molar refractivity (Wildman–Crippen MR) is 74.1 cm³/mol. The lowest BCUT2D eigenvalue weighted by Gasteiger charge is -2.02. The number of hydrogen-bond acceptors (Lipinski definition) is 3. The van der Waals surface area contributed by atoms with Gasteiger partial charge in [-0.15, -0.1) is 0 Å². The molecule has 1 aromatic heterocycles. The number of thiazole rings is 1. The first-order valence-electron chi connectivity index (χ1n) is 5.50. The van der Waals surface area contributed by atoms with Gasteiger partial charge in [0.1, 0.15) is 0 Å². The molecule has 0 saturated heterocycles. The van der Waals surface area contributed by atoms with E-state index in [2.05, 4.69) is 41.5 Å². The smallest absolute Gasteiger partial charge is 0.188 e. The van der Waals surface area contributed by atoms with E-state index in [-0.39, 0.29) is 0 Å². The summed E-state index contributed by atoms with van der Waals surface area (Å²) >= 11 is 1.68. The molecule has 0 aliphatic carbocycles. The summed E-state index contributed by atoms with van der Waals surface area (Å²) in [5.41, 5.74) is 3.38. The molecule has 3 heteroatoms. The van der Waals surface area contributed by atoms with Crippen LogP contribution in [0.4, 0.5) is 10.8 Å². The highest BCUT2D eigenvalue weighted by molar-refractivity contribution is 7.22. The zero-order chi connectivity index (χ0) is 11.7. The molecule has 84 valence electrons. The minimum atomic E-state index is 0.941. The van der Waals surface area contributed by atoms with Gasteiger partial charge in [0, 0.05) is 5.69 Å². The van der Waals surface area contributed by atoms with Crippen LogP contribution in [0, 0.1) is 6.92 Å². The number of benzene rings is 2. The van der Waals surface area contributed by atoms with Crippen molar-refractivity contribution in [2.75, 3.05) is 5.32 Å². The molecule has 0 aliphatic heterocycles. The van der Waals surface area contributed by atoms with Gasteiger partial charge in [-0.3, -0.25) is 0 Å². The van der Waals surface area contributed by atoms with Crippen LogP contribution in [0.3, 0.4) is 0 Å². The SMILES string of the molecule is Cc1cccc(Nc2nc3ccccc3s2)c1. The highest BCUT2D eigenvalue weighted by Crippen LogP contribution is 2.28. The number of nitrogens with one attached hydrogen (secondary N) is 1. The van der Waals surface area contributed by atoms with E-state index < -0.39 is 0 Å². The van der Waals surface area contributed by atoms with Crippen molar-refractivity contribution in [2.24, 2.45) is 0 Å². The predicted octanol–water partition coefficient (Wildman–Crippen LogP) is 4.35. The summed E-state index contributed by atoms with van der Waals surface area (Å²) in [6, 6.07) is 16.5. The third-order valence-corrected chi connectivity index (χ3v) is 3.52. The Labute approximate surface area is 104 Å². The second-order valence-electron chi connectivity index (χ2n) is 3.98. The molecule has 3 aromatic rings. The molecule has 0 saturated carbocycles. The first kappa shape index (κ1) is 10.3. The van der Waals surface area contributed by atoms with Crippen molar-refractivity contribution in [1.29, 1.82) is 0 Å². The average Bonchev–Trinajstić information content (AvgIpc) is 2.71. The summed E-state index contributed by atoms with van der Waals surface area (Å²) in [6.45, 7) is 2.09. The Kier molecular flexibility index (Phi) is 2.53. The van der Waals surface area contributed by atoms with Gasteiger partial charge < -0.3 is 5.32 Å². The van der Waals surface area contributed by atoms with Crippen LogP contribution in [0.5, 0.6) is 0 Å². The molecule has 3 rings (SSSR count). The van der Waals surface area contributed by atoms with Crippen molar-refractivity contribution >= 4 is 32.4 Å². The van der Waals surface area contributed by atoms with E-state index in [0.29, 0.717) is 0 Å². The van der Waals surface area contributed by atoms with E-state index in [4.69, 9.17) is 0 Å². The molecular weight excluding hydrogens is 228 g/mol. The number of aromatic nitrogens is 1. The first-order valence-corrected chi connectivity index (χ1v) is 6.32. The van der Waals surface area contributed by atoms with Crippen molar-refractivity contribution in [3.63, 3.8) is 0 Å². The van der Waals surface area contributed by atoms with Gasteiger partial charge in [-0.25, -0.2) is 4.98 Å². The second-order valence-corrected chi connectivity index (χ2v) is 5.01. The van der Waals surface area contributed by atoms with Crippen LogP contribution in [0.15, 0.2) is 48.5 Å². The maximum Gasteiger partial charge on any atom is 0.188 e. The molecule has 1 heterocycles. The molecule has 2 nitrogen and oxygen atoms in total. The Morgan fingerprint density at radius 3 is 2.76 bits per heavy atom. The van der Waals surface area contributed by atoms with Crippen LogP contribution in [0.1, 0.15) is 5.56 Å². The summed E-state index contributed by atoms with van der Waals surface area (Å²) < 4.78 is 1.21. The van der Waals surface area contributed by atoms with Crippen LogP contribution >= 0.6 is 11.3 Å². The Morgan fingerprint density at radius 1 is 1.06 bits per heavy atom. The third-order valence-electron chi connectivity index (χ3n) is 2.56. The standard InChI is InChI=1S/C14H12N2S/c1-10-5-4-6-11(9-10)15-14-16-12-7-2-3-8-13(12)17-14/h2-9H,1H3,(H,15,16). The van der Waals surface area contributed by atoms with E-state index in [0.717, 1.165) is 16.3 Å². The molecular formula is C14H12N2S. The third kappa shape index (κ3) is 2.15. The van der Waals surface area contributed by atoms with Crippen molar-refractivity contribution in [1.82, 2.24) is 4.98 Å². The highest BCUT2D eigenvalue weighted by Gasteiger charge is 2.02. The van der Waals surface area contributed by atoms with E-state index in [1.807, 2.05) is 24.3 Å². The molecule has 0 unspecified atom stereocenters. The monoisotopic (exact) mass is 240 g/mol. The number of anilines is 2. The van der Waals surface area contributed by atoms with Crippen molar-refractivity contribution < 1.29 is 0 Å². The van der Waals surface area contributed by atoms with E-state index in [9.17, 15) is 0 Å². The van der Waals surface area contributed by atoms with Gasteiger partial charge in [0.2, 0.25) is 0 Å². The Hall–Kier alpha value is -1.87. The number of hydrogen-bond donors (Lipinski definition) is 1. The van der Waals surface area contributed by atoms with Crippen molar-refractivity contribution in [3.8, 4) is 0 Å². The van der Waals surface area contributed by atoms with E-state index in [1.165, 1.54) is 10.3 Å². The highest BCUT2D eigenvalue weighted by atomic mass is 32.1. The minimum absolute atomic E-state index is 0.941. The molecule has 0 amide bonds. The summed E-state index contributed by atoms with van der Waals surface area (Å²) in [5.74, 6) is 0. The fourth-order valence-corrected chi connectivity index (χ4v) is 2.66. The minimum Gasteiger partial charge on any atom is -0.332 e. The second kappa shape index (κ2) is 4.18. The van der Waals surface area contributed by atoms with Gasteiger partial charge in [0.25, 0.3) is 0 Å². The van der Waals surface area contributed by atoms with Crippen molar-refractivity contribution in [2.45, 2.75) is 6.92 Å². The molecule has 1 N–H and O–H groups in total. The Balaban J connectivity index is 1.94. The average molecular weight is 240 g/mol. The van der Waals surface area contributed by atoms with E-state index in [1.54, 1.807) is 11.3 Å². The summed E-state index contributed by atoms with van der Waals surface area (Å²) in [4.78, 5) is 4.55. The van der Waals surface area contributed by atoms with Gasteiger partial charge in [-0.05, 0) is 36.8 Å². The summed E-state index contributed by atoms with van der Waals surface area (Å²) in [6.07, 6.45) is 0.